The molecule has 0 heterocycles. The first-order valence-corrected chi connectivity index (χ1v) is 12.0. The van der Waals surface area contributed by atoms with Crippen molar-refractivity contribution in [3.8, 4) is 5.75 Å². The van der Waals surface area contributed by atoms with Gasteiger partial charge in [0.05, 0.1) is 12.5 Å². The van der Waals surface area contributed by atoms with Crippen molar-refractivity contribution >= 4 is 48.2 Å². The summed E-state index contributed by atoms with van der Waals surface area (Å²) in [5.74, 6) is -5.77. The summed E-state index contributed by atoms with van der Waals surface area (Å²) in [6.45, 7) is 0.0956. The van der Waals surface area contributed by atoms with Crippen LogP contribution in [0.1, 0.15) is 24.8 Å². The second-order valence-electron chi connectivity index (χ2n) is 8.23. The molecule has 16 heteroatoms. The van der Waals surface area contributed by atoms with Gasteiger partial charge in [-0.25, -0.2) is 4.79 Å². The number of carboxylic acid groups (broad SMARTS) is 2. The fraction of sp³-hybridized carbons (Fsp3) is 0.455. The minimum absolute atomic E-state index is 0.0403. The molecule has 0 aromatic heterocycles. The third-order valence-corrected chi connectivity index (χ3v) is 5.48. The summed E-state index contributed by atoms with van der Waals surface area (Å²) in [5, 5.41) is 34.4. The van der Waals surface area contributed by atoms with Crippen molar-refractivity contribution in [2.45, 2.75) is 49.9 Å². The van der Waals surface area contributed by atoms with Crippen LogP contribution in [0.2, 0.25) is 0 Å². The molecule has 0 spiro atoms. The average Bonchev–Trinajstić information content (AvgIpc) is 2.84. The molecule has 12 N–H and O–H groups in total. The van der Waals surface area contributed by atoms with Crippen molar-refractivity contribution in [3.63, 3.8) is 0 Å². The first-order chi connectivity index (χ1) is 17.8. The summed E-state index contributed by atoms with van der Waals surface area (Å²) in [6, 6.07) is 0.755. The van der Waals surface area contributed by atoms with Gasteiger partial charge in [-0.15, -0.1) is 0 Å². The molecule has 15 nitrogen and oxygen atoms in total. The number of nitrogens with two attached hydrogens (primary N) is 3. The Balaban J connectivity index is 2.91. The van der Waals surface area contributed by atoms with Crippen LogP contribution in [0, 0.1) is 0 Å². The van der Waals surface area contributed by atoms with E-state index in [-0.39, 0.29) is 43.3 Å². The van der Waals surface area contributed by atoms with E-state index in [0.29, 0.717) is 5.56 Å². The summed E-state index contributed by atoms with van der Waals surface area (Å²) >= 11 is 4.08. The maximum Gasteiger partial charge on any atom is 0.326 e. The summed E-state index contributed by atoms with van der Waals surface area (Å²) in [5.41, 5.74) is 17.1. The van der Waals surface area contributed by atoms with Crippen molar-refractivity contribution in [3.05, 3.63) is 29.8 Å². The maximum atomic E-state index is 12.9. The lowest BCUT2D eigenvalue weighted by Crippen LogP contribution is -2.58. The molecule has 4 unspecified atom stereocenters. The second-order valence-corrected chi connectivity index (χ2v) is 8.59. The van der Waals surface area contributed by atoms with Crippen LogP contribution in [0.15, 0.2) is 29.3 Å². The highest BCUT2D eigenvalue weighted by Gasteiger charge is 2.30. The van der Waals surface area contributed by atoms with Gasteiger partial charge in [0, 0.05) is 12.3 Å². The van der Waals surface area contributed by atoms with Crippen LogP contribution in [-0.4, -0.2) is 87.4 Å². The highest BCUT2D eigenvalue weighted by molar-refractivity contribution is 7.80. The molecule has 0 saturated carbocycles. The van der Waals surface area contributed by atoms with Crippen LogP contribution in [0.4, 0.5) is 0 Å². The van der Waals surface area contributed by atoms with Gasteiger partial charge in [-0.3, -0.25) is 24.2 Å². The van der Waals surface area contributed by atoms with Gasteiger partial charge < -0.3 is 48.5 Å². The van der Waals surface area contributed by atoms with E-state index in [0.717, 1.165) is 0 Å². The molecule has 0 aliphatic carbocycles. The van der Waals surface area contributed by atoms with Gasteiger partial charge >= 0.3 is 11.9 Å². The van der Waals surface area contributed by atoms with Crippen LogP contribution in [0.3, 0.4) is 0 Å². The van der Waals surface area contributed by atoms with Crippen molar-refractivity contribution in [1.29, 1.82) is 0 Å². The molecule has 0 radical (unpaired) electrons. The van der Waals surface area contributed by atoms with Gasteiger partial charge in [0.25, 0.3) is 0 Å². The molecular formula is C22H33N7O8S. The smallest absolute Gasteiger partial charge is 0.326 e. The molecule has 0 aliphatic heterocycles. The lowest BCUT2D eigenvalue weighted by atomic mass is 10.1. The van der Waals surface area contributed by atoms with Gasteiger partial charge in [-0.05, 0) is 37.0 Å². The van der Waals surface area contributed by atoms with E-state index in [1.165, 1.54) is 12.1 Å². The Hall–Kier alpha value is -4.05. The van der Waals surface area contributed by atoms with Crippen LogP contribution >= 0.6 is 12.6 Å². The van der Waals surface area contributed by atoms with E-state index >= 15 is 0 Å². The van der Waals surface area contributed by atoms with E-state index < -0.39 is 60.2 Å². The molecular weight excluding hydrogens is 522 g/mol. The summed E-state index contributed by atoms with van der Waals surface area (Å²) in [7, 11) is 0. The molecule has 0 saturated heterocycles. The monoisotopic (exact) mass is 555 g/mol. The molecule has 210 valence electrons. The molecule has 38 heavy (non-hydrogen) atoms. The van der Waals surface area contributed by atoms with Crippen molar-refractivity contribution < 1.29 is 39.3 Å². The number of hydrogen-bond donors (Lipinski definition) is 10. The third kappa shape index (κ3) is 11.8. The number of benzene rings is 1. The highest BCUT2D eigenvalue weighted by Crippen LogP contribution is 2.11. The number of phenols is 1. The van der Waals surface area contributed by atoms with Gasteiger partial charge in [0.2, 0.25) is 17.7 Å². The number of phenolic OH excluding ortho intramolecular Hbond substituents is 1. The molecule has 4 atom stereocenters. The highest BCUT2D eigenvalue weighted by atomic mass is 32.1. The zero-order chi connectivity index (χ0) is 28.8. The number of carbonyl (C=O) groups is 5. The molecule has 1 rings (SSSR count). The number of carbonyl (C=O) groups excluding carboxylic acids is 3. The number of amides is 3. The minimum Gasteiger partial charge on any atom is -0.508 e. The van der Waals surface area contributed by atoms with Crippen LogP contribution < -0.4 is 33.2 Å². The Morgan fingerprint density at radius 1 is 0.895 bits per heavy atom. The van der Waals surface area contributed by atoms with Crippen molar-refractivity contribution in [2.75, 3.05) is 12.3 Å². The largest absolute Gasteiger partial charge is 0.508 e. The van der Waals surface area contributed by atoms with Crippen molar-refractivity contribution in [1.82, 2.24) is 16.0 Å². The third-order valence-electron chi connectivity index (χ3n) is 5.12. The van der Waals surface area contributed by atoms with Crippen LogP contribution in [0.25, 0.3) is 0 Å². The number of rotatable bonds is 16. The Morgan fingerprint density at radius 2 is 1.45 bits per heavy atom. The molecule has 1 aromatic carbocycles. The van der Waals surface area contributed by atoms with Gasteiger partial charge in [-0.2, -0.15) is 12.6 Å². The minimum atomic E-state index is -1.74. The first kappa shape index (κ1) is 32.0. The molecule has 0 bridgehead atoms. The fourth-order valence-electron chi connectivity index (χ4n) is 3.14. The average molecular weight is 556 g/mol. The van der Waals surface area contributed by atoms with E-state index in [1.54, 1.807) is 12.1 Å². The Bertz CT molecular complexity index is 1020. The van der Waals surface area contributed by atoms with Crippen LogP contribution in [-0.2, 0) is 30.4 Å². The molecule has 3 amide bonds. The first-order valence-electron chi connectivity index (χ1n) is 11.4. The number of nitrogens with zero attached hydrogens (tertiary/aromatic N) is 1. The summed E-state index contributed by atoms with van der Waals surface area (Å²) in [4.78, 5) is 64.3. The lowest BCUT2D eigenvalue weighted by molar-refractivity contribution is -0.147. The van der Waals surface area contributed by atoms with Crippen LogP contribution in [0.5, 0.6) is 5.75 Å². The summed E-state index contributed by atoms with van der Waals surface area (Å²) in [6.07, 6.45) is -0.614. The quantitative estimate of drug-likeness (QED) is 0.0432. The van der Waals surface area contributed by atoms with Crippen molar-refractivity contribution in [2.24, 2.45) is 22.2 Å². The number of aromatic hydroxyl groups is 1. The lowest BCUT2D eigenvalue weighted by Gasteiger charge is -2.24. The number of nitrogens with one attached hydrogen (secondary N) is 3. The normalized spacial score (nSPS) is 13.7. The second kappa shape index (κ2) is 15.9. The fourth-order valence-corrected chi connectivity index (χ4v) is 3.40. The standard InChI is InChI=1S/C22H33N7O8S/c23-13(8-11-3-5-12(30)6-4-11)18(33)29-16(10-38)20(35)27-14(2-1-7-26-22(24)25)19(34)28-15(21(36)37)9-17(31)32/h3-6,13-16,30,38H,1-2,7-10,23H2,(H,27,35)(H,28,34)(H,29,33)(H,31,32)(H,36,37)(H4,24,25,26). The predicted octanol–water partition coefficient (Wildman–Crippen LogP) is -2.74. The Morgan fingerprint density at radius 3 is 1.97 bits per heavy atom. The number of aliphatic imine (C=N–C) groups is 1. The number of thiol groups is 1. The molecule has 0 fully saturated rings. The SMILES string of the molecule is NC(N)=NCCCC(NC(=O)C(CS)NC(=O)C(N)Cc1ccc(O)cc1)C(=O)NC(CC(=O)O)C(=O)O. The Kier molecular flexibility index (Phi) is 13.4. The Labute approximate surface area is 223 Å². The molecule has 1 aromatic rings. The van der Waals surface area contributed by atoms with E-state index in [2.05, 4.69) is 33.6 Å². The van der Waals surface area contributed by atoms with E-state index in [9.17, 15) is 34.2 Å². The predicted molar refractivity (Wildman–Crippen MR) is 139 cm³/mol. The van der Waals surface area contributed by atoms with Gasteiger partial charge in [0.15, 0.2) is 5.96 Å². The number of hydrogen-bond acceptors (Lipinski definition) is 9. The maximum absolute atomic E-state index is 12.9. The van der Waals surface area contributed by atoms with E-state index in [4.69, 9.17) is 22.3 Å². The number of aliphatic carboxylic acids is 2. The van der Waals surface area contributed by atoms with Gasteiger partial charge in [0.1, 0.15) is 23.9 Å². The van der Waals surface area contributed by atoms with Gasteiger partial charge in [-0.1, -0.05) is 12.1 Å². The zero-order valence-electron chi connectivity index (χ0n) is 20.4. The zero-order valence-corrected chi connectivity index (χ0v) is 21.3. The number of carboxylic acids is 2. The summed E-state index contributed by atoms with van der Waals surface area (Å²) < 4.78 is 0. The topological polar surface area (TPSA) is 273 Å². The number of guanidine groups is 1. The van der Waals surface area contributed by atoms with E-state index in [1.807, 2.05) is 0 Å². The molecule has 0 aliphatic rings.